The zero-order valence-corrected chi connectivity index (χ0v) is 10.4. The second-order valence-corrected chi connectivity index (χ2v) is 5.20. The van der Waals surface area contributed by atoms with Gasteiger partial charge in [0.2, 0.25) is 0 Å². The summed E-state index contributed by atoms with van der Waals surface area (Å²) < 4.78 is 5.87. The Bertz CT molecular complexity index is 407. The van der Waals surface area contributed by atoms with Gasteiger partial charge in [-0.25, -0.2) is 0 Å². The van der Waals surface area contributed by atoms with Crippen molar-refractivity contribution in [2.75, 3.05) is 18.0 Å². The van der Waals surface area contributed by atoms with Gasteiger partial charge in [-0.2, -0.15) is 0 Å². The van der Waals surface area contributed by atoms with Crippen molar-refractivity contribution < 1.29 is 4.74 Å². The quantitative estimate of drug-likeness (QED) is 0.845. The third-order valence-corrected chi connectivity index (χ3v) is 3.84. The number of fused-ring (bicyclic) bond motifs is 2. The molecule has 0 aliphatic carbocycles. The minimum Gasteiger partial charge on any atom is -0.371 e. The number of morpholine rings is 1. The minimum atomic E-state index is 0.431. The summed E-state index contributed by atoms with van der Waals surface area (Å²) >= 11 is 0. The van der Waals surface area contributed by atoms with Crippen molar-refractivity contribution in [2.45, 2.75) is 38.5 Å². The fraction of sp³-hybridized carbons (Fsp3) is 0.571. The van der Waals surface area contributed by atoms with Crippen LogP contribution in [-0.4, -0.2) is 25.3 Å². The lowest BCUT2D eigenvalue weighted by Gasteiger charge is -2.35. The van der Waals surface area contributed by atoms with Crippen LogP contribution < -0.4 is 10.6 Å². The van der Waals surface area contributed by atoms with Crippen LogP contribution in [0.25, 0.3) is 0 Å². The molecule has 2 aliphatic heterocycles. The van der Waals surface area contributed by atoms with Crippen LogP contribution in [0.15, 0.2) is 18.2 Å². The van der Waals surface area contributed by atoms with E-state index in [4.69, 9.17) is 10.5 Å². The Morgan fingerprint density at radius 3 is 2.65 bits per heavy atom. The van der Waals surface area contributed by atoms with E-state index >= 15 is 0 Å². The van der Waals surface area contributed by atoms with Crippen LogP contribution in [0.1, 0.15) is 24.0 Å². The van der Waals surface area contributed by atoms with Crippen molar-refractivity contribution in [2.24, 2.45) is 5.73 Å². The highest BCUT2D eigenvalue weighted by Gasteiger charge is 2.34. The van der Waals surface area contributed by atoms with E-state index in [9.17, 15) is 0 Å². The molecular weight excluding hydrogens is 212 g/mol. The fourth-order valence-electron chi connectivity index (χ4n) is 3.00. The van der Waals surface area contributed by atoms with Gasteiger partial charge in [0.05, 0.1) is 12.2 Å². The summed E-state index contributed by atoms with van der Waals surface area (Å²) in [4.78, 5) is 2.45. The standard InChI is InChI=1S/C14H20N2O/c1-10-2-5-14(11(6-10)7-15)16-8-12-3-4-13(9-16)17-12/h2,5-6,12-13H,3-4,7-9,15H2,1H3. The molecule has 92 valence electrons. The Morgan fingerprint density at radius 2 is 2.00 bits per heavy atom. The zero-order valence-electron chi connectivity index (χ0n) is 10.4. The van der Waals surface area contributed by atoms with Crippen LogP contribution in [0.4, 0.5) is 5.69 Å². The van der Waals surface area contributed by atoms with Crippen LogP contribution in [0.5, 0.6) is 0 Å². The van der Waals surface area contributed by atoms with E-state index < -0.39 is 0 Å². The smallest absolute Gasteiger partial charge is 0.0755 e. The summed E-state index contributed by atoms with van der Waals surface area (Å²) in [7, 11) is 0. The Balaban J connectivity index is 1.88. The number of anilines is 1. The molecule has 1 aromatic rings. The summed E-state index contributed by atoms with van der Waals surface area (Å²) in [6.07, 6.45) is 3.29. The average Bonchev–Trinajstić information content (AvgIpc) is 2.68. The predicted octanol–water partition coefficient (Wildman–Crippen LogP) is 1.82. The van der Waals surface area contributed by atoms with E-state index in [0.717, 1.165) is 13.1 Å². The van der Waals surface area contributed by atoms with E-state index in [1.54, 1.807) is 0 Å². The van der Waals surface area contributed by atoms with Gasteiger partial charge in [0.15, 0.2) is 0 Å². The van der Waals surface area contributed by atoms with Gasteiger partial charge in [-0.1, -0.05) is 17.7 Å². The maximum absolute atomic E-state index is 5.87. The molecule has 2 unspecified atom stereocenters. The van der Waals surface area contributed by atoms with Gasteiger partial charge < -0.3 is 15.4 Å². The van der Waals surface area contributed by atoms with Gasteiger partial charge >= 0.3 is 0 Å². The van der Waals surface area contributed by atoms with Gasteiger partial charge in [0.1, 0.15) is 0 Å². The highest BCUT2D eigenvalue weighted by atomic mass is 16.5. The normalized spacial score (nSPS) is 27.5. The molecule has 0 spiro atoms. The molecule has 0 radical (unpaired) electrons. The van der Waals surface area contributed by atoms with Gasteiger partial charge in [-0.3, -0.25) is 0 Å². The van der Waals surface area contributed by atoms with Crippen LogP contribution >= 0.6 is 0 Å². The maximum Gasteiger partial charge on any atom is 0.0755 e. The van der Waals surface area contributed by atoms with E-state index in [1.807, 2.05) is 0 Å². The molecule has 0 aromatic heterocycles. The summed E-state index contributed by atoms with van der Waals surface area (Å²) in [5.74, 6) is 0. The molecule has 1 aromatic carbocycles. The summed E-state index contributed by atoms with van der Waals surface area (Å²) in [5.41, 5.74) is 9.70. The van der Waals surface area contributed by atoms with Crippen LogP contribution in [0.2, 0.25) is 0 Å². The maximum atomic E-state index is 5.87. The molecule has 0 saturated carbocycles. The molecule has 3 rings (SSSR count). The Kier molecular flexibility index (Phi) is 2.81. The van der Waals surface area contributed by atoms with Crippen molar-refractivity contribution in [1.29, 1.82) is 0 Å². The number of hydrogen-bond acceptors (Lipinski definition) is 3. The number of hydrogen-bond donors (Lipinski definition) is 1. The third-order valence-electron chi connectivity index (χ3n) is 3.84. The summed E-state index contributed by atoms with van der Waals surface area (Å²) in [5, 5.41) is 0. The third kappa shape index (κ3) is 2.05. The van der Waals surface area contributed by atoms with Crippen molar-refractivity contribution in [1.82, 2.24) is 0 Å². The van der Waals surface area contributed by atoms with Gasteiger partial charge in [-0.15, -0.1) is 0 Å². The largest absolute Gasteiger partial charge is 0.371 e. The van der Waals surface area contributed by atoms with Gasteiger partial charge in [0.25, 0.3) is 0 Å². The Hall–Kier alpha value is -1.06. The molecule has 2 heterocycles. The molecular formula is C14H20N2O. The molecule has 2 saturated heterocycles. The zero-order chi connectivity index (χ0) is 11.8. The van der Waals surface area contributed by atoms with E-state index in [1.165, 1.54) is 29.7 Å². The van der Waals surface area contributed by atoms with E-state index in [-0.39, 0.29) is 0 Å². The molecule has 2 N–H and O–H groups in total. The first-order valence-electron chi connectivity index (χ1n) is 6.46. The number of nitrogens with two attached hydrogens (primary N) is 1. The SMILES string of the molecule is Cc1ccc(N2CC3CCC(C2)O3)c(CN)c1. The van der Waals surface area contributed by atoms with E-state index in [2.05, 4.69) is 30.0 Å². The van der Waals surface area contributed by atoms with E-state index in [0.29, 0.717) is 18.8 Å². The summed E-state index contributed by atoms with van der Waals surface area (Å²) in [6, 6.07) is 6.58. The lowest BCUT2D eigenvalue weighted by atomic mass is 10.1. The van der Waals surface area contributed by atoms with Crippen molar-refractivity contribution in [3.05, 3.63) is 29.3 Å². The number of aryl methyl sites for hydroxylation is 1. The van der Waals surface area contributed by atoms with Crippen molar-refractivity contribution in [3.8, 4) is 0 Å². The second-order valence-electron chi connectivity index (χ2n) is 5.20. The Labute approximate surface area is 103 Å². The average molecular weight is 232 g/mol. The summed E-state index contributed by atoms with van der Waals surface area (Å²) in [6.45, 7) is 4.77. The van der Waals surface area contributed by atoms with Gasteiger partial charge in [-0.05, 0) is 31.4 Å². The predicted molar refractivity (Wildman–Crippen MR) is 69.2 cm³/mol. The highest BCUT2D eigenvalue weighted by molar-refractivity contribution is 5.55. The monoisotopic (exact) mass is 232 g/mol. The molecule has 2 fully saturated rings. The molecule has 3 nitrogen and oxygen atoms in total. The molecule has 3 heteroatoms. The number of benzene rings is 1. The highest BCUT2D eigenvalue weighted by Crippen LogP contribution is 2.31. The molecule has 17 heavy (non-hydrogen) atoms. The first kappa shape index (κ1) is 11.1. The fourth-order valence-corrected chi connectivity index (χ4v) is 3.00. The van der Waals surface area contributed by atoms with Gasteiger partial charge in [0, 0.05) is 25.3 Å². The number of ether oxygens (including phenoxy) is 1. The minimum absolute atomic E-state index is 0.431. The lowest BCUT2D eigenvalue weighted by molar-refractivity contribution is 0.0304. The first-order valence-corrected chi connectivity index (χ1v) is 6.46. The van der Waals surface area contributed by atoms with Crippen LogP contribution in [0, 0.1) is 6.92 Å². The Morgan fingerprint density at radius 1 is 1.29 bits per heavy atom. The first-order chi connectivity index (χ1) is 8.26. The molecule has 2 atom stereocenters. The lowest BCUT2D eigenvalue weighted by Crippen LogP contribution is -2.43. The van der Waals surface area contributed by atoms with Crippen LogP contribution in [-0.2, 0) is 11.3 Å². The molecule has 2 bridgehead atoms. The van der Waals surface area contributed by atoms with Crippen molar-refractivity contribution >= 4 is 5.69 Å². The molecule has 2 aliphatic rings. The molecule has 0 amide bonds. The topological polar surface area (TPSA) is 38.5 Å². The second kappa shape index (κ2) is 4.31. The van der Waals surface area contributed by atoms with Crippen LogP contribution in [0.3, 0.4) is 0 Å². The van der Waals surface area contributed by atoms with Crippen molar-refractivity contribution in [3.63, 3.8) is 0 Å². The number of nitrogens with zero attached hydrogens (tertiary/aromatic N) is 1. The number of rotatable bonds is 2.